The molecule has 0 spiro atoms. The number of amides is 3. The molecule has 0 aliphatic carbocycles. The molecule has 0 unspecified atom stereocenters. The number of halogens is 1. The zero-order valence-corrected chi connectivity index (χ0v) is 14.9. The van der Waals surface area contributed by atoms with E-state index in [1.165, 1.54) is 12.1 Å². The average Bonchev–Trinajstić information content (AvgIpc) is 2.64. The quantitative estimate of drug-likeness (QED) is 0.847. The minimum Gasteiger partial charge on any atom is -0.490 e. The van der Waals surface area contributed by atoms with E-state index in [-0.39, 0.29) is 24.4 Å². The number of nitrogens with two attached hydrogens (primary N) is 1. The second kappa shape index (κ2) is 8.53. The van der Waals surface area contributed by atoms with Crippen LogP contribution >= 0.6 is 0 Å². The van der Waals surface area contributed by atoms with Crippen LogP contribution in [0.4, 0.5) is 14.9 Å². The number of rotatable bonds is 5. The topological polar surface area (TPSA) is 84.7 Å². The molecule has 0 radical (unpaired) electrons. The number of likely N-dealkylation sites (tertiary alicyclic amines) is 1. The predicted molar refractivity (Wildman–Crippen MR) is 100.0 cm³/mol. The van der Waals surface area contributed by atoms with Crippen LogP contribution in [0.1, 0.15) is 18.4 Å². The summed E-state index contributed by atoms with van der Waals surface area (Å²) in [5.41, 5.74) is 6.59. The molecule has 1 aliphatic rings. The Balaban J connectivity index is 1.49. The molecule has 3 rings (SSSR count). The van der Waals surface area contributed by atoms with E-state index >= 15 is 0 Å². The fraction of sp³-hybridized carbons (Fsp3) is 0.300. The van der Waals surface area contributed by atoms with Gasteiger partial charge in [0.15, 0.2) is 0 Å². The molecule has 1 heterocycles. The lowest BCUT2D eigenvalue weighted by Gasteiger charge is -2.32. The summed E-state index contributed by atoms with van der Waals surface area (Å²) in [6.45, 7) is 1.14. The zero-order chi connectivity index (χ0) is 19.2. The zero-order valence-electron chi connectivity index (χ0n) is 14.9. The van der Waals surface area contributed by atoms with Gasteiger partial charge in [0, 0.05) is 31.6 Å². The lowest BCUT2D eigenvalue weighted by molar-refractivity contribution is -0.117. The minimum absolute atomic E-state index is 0.00148. The molecule has 1 fully saturated rings. The van der Waals surface area contributed by atoms with Crippen LogP contribution in [0, 0.1) is 5.82 Å². The van der Waals surface area contributed by atoms with Crippen LogP contribution in [-0.2, 0) is 11.2 Å². The molecule has 0 aromatic heterocycles. The van der Waals surface area contributed by atoms with Gasteiger partial charge in [0.25, 0.3) is 0 Å². The van der Waals surface area contributed by atoms with Crippen molar-refractivity contribution >= 4 is 17.6 Å². The van der Waals surface area contributed by atoms with Crippen molar-refractivity contribution in [1.29, 1.82) is 0 Å². The number of carbonyl (C=O) groups excluding carboxylic acids is 2. The highest BCUT2D eigenvalue weighted by atomic mass is 19.1. The molecule has 6 nitrogen and oxygen atoms in total. The third kappa shape index (κ3) is 5.44. The first-order valence-corrected chi connectivity index (χ1v) is 8.85. The van der Waals surface area contributed by atoms with Crippen molar-refractivity contribution in [3.63, 3.8) is 0 Å². The highest BCUT2D eigenvalue weighted by molar-refractivity contribution is 5.89. The number of nitrogens with one attached hydrogen (secondary N) is 1. The van der Waals surface area contributed by atoms with Gasteiger partial charge < -0.3 is 20.7 Å². The first-order valence-electron chi connectivity index (χ1n) is 8.85. The number of primary amides is 1. The number of benzene rings is 2. The van der Waals surface area contributed by atoms with Crippen LogP contribution in [0.3, 0.4) is 0 Å². The fourth-order valence-electron chi connectivity index (χ4n) is 3.05. The number of hydrogen-bond donors (Lipinski definition) is 2. The Kier molecular flexibility index (Phi) is 5.90. The van der Waals surface area contributed by atoms with Gasteiger partial charge in [-0.05, 0) is 42.0 Å². The first-order chi connectivity index (χ1) is 13.0. The van der Waals surface area contributed by atoms with Gasteiger partial charge in [-0.3, -0.25) is 4.79 Å². The second-order valence-electron chi connectivity index (χ2n) is 6.53. The maximum atomic E-state index is 12.9. The third-order valence-electron chi connectivity index (χ3n) is 4.40. The van der Waals surface area contributed by atoms with Crippen molar-refractivity contribution in [3.8, 4) is 5.75 Å². The Labute approximate surface area is 157 Å². The summed E-state index contributed by atoms with van der Waals surface area (Å²) in [5.74, 6) is -0.0824. The lowest BCUT2D eigenvalue weighted by Crippen LogP contribution is -2.43. The van der Waals surface area contributed by atoms with E-state index in [4.69, 9.17) is 10.5 Å². The number of urea groups is 1. The van der Waals surface area contributed by atoms with Crippen LogP contribution in [0.25, 0.3) is 0 Å². The van der Waals surface area contributed by atoms with Crippen molar-refractivity contribution in [2.24, 2.45) is 5.73 Å². The van der Waals surface area contributed by atoms with E-state index in [9.17, 15) is 14.0 Å². The number of carbonyl (C=O) groups is 2. The van der Waals surface area contributed by atoms with E-state index in [1.54, 1.807) is 41.3 Å². The third-order valence-corrected chi connectivity index (χ3v) is 4.40. The van der Waals surface area contributed by atoms with Gasteiger partial charge >= 0.3 is 6.03 Å². The molecular weight excluding hydrogens is 349 g/mol. The summed E-state index contributed by atoms with van der Waals surface area (Å²) < 4.78 is 18.8. The normalized spacial score (nSPS) is 14.6. The van der Waals surface area contributed by atoms with Crippen molar-refractivity contribution < 1.29 is 18.7 Å². The van der Waals surface area contributed by atoms with E-state index in [0.29, 0.717) is 37.4 Å². The maximum Gasteiger partial charge on any atom is 0.321 e. The lowest BCUT2D eigenvalue weighted by atomic mass is 10.1. The van der Waals surface area contributed by atoms with E-state index in [1.807, 2.05) is 0 Å². The van der Waals surface area contributed by atoms with Gasteiger partial charge in [-0.15, -0.1) is 0 Å². The van der Waals surface area contributed by atoms with E-state index < -0.39 is 5.91 Å². The highest BCUT2D eigenvalue weighted by Gasteiger charge is 2.24. The van der Waals surface area contributed by atoms with Gasteiger partial charge in [0.05, 0.1) is 6.42 Å². The number of nitrogens with zero attached hydrogens (tertiary/aromatic N) is 1. The van der Waals surface area contributed by atoms with Crippen molar-refractivity contribution in [2.45, 2.75) is 25.4 Å². The van der Waals surface area contributed by atoms with Gasteiger partial charge in [-0.1, -0.05) is 12.1 Å². The van der Waals surface area contributed by atoms with Crippen molar-refractivity contribution in [2.75, 3.05) is 18.4 Å². The molecule has 2 aromatic carbocycles. The smallest absolute Gasteiger partial charge is 0.321 e. The Bertz CT molecular complexity index is 802. The molecule has 0 saturated carbocycles. The Morgan fingerprint density at radius 3 is 2.52 bits per heavy atom. The van der Waals surface area contributed by atoms with Gasteiger partial charge in [0.1, 0.15) is 17.7 Å². The summed E-state index contributed by atoms with van der Waals surface area (Å²) in [7, 11) is 0. The summed E-state index contributed by atoms with van der Waals surface area (Å²) in [4.78, 5) is 25.2. The van der Waals surface area contributed by atoms with Crippen LogP contribution in [-0.4, -0.2) is 36.0 Å². The fourth-order valence-corrected chi connectivity index (χ4v) is 3.05. The highest BCUT2D eigenvalue weighted by Crippen LogP contribution is 2.20. The van der Waals surface area contributed by atoms with Crippen molar-refractivity contribution in [3.05, 3.63) is 59.9 Å². The van der Waals surface area contributed by atoms with Gasteiger partial charge in [-0.25, -0.2) is 9.18 Å². The van der Waals surface area contributed by atoms with Crippen LogP contribution in [0.15, 0.2) is 48.5 Å². The van der Waals surface area contributed by atoms with Crippen molar-refractivity contribution in [1.82, 2.24) is 4.90 Å². The van der Waals surface area contributed by atoms with Crippen LogP contribution in [0.5, 0.6) is 5.75 Å². The first kappa shape index (κ1) is 18.7. The van der Waals surface area contributed by atoms with E-state index in [0.717, 1.165) is 5.56 Å². The SMILES string of the molecule is NC(=O)Cc1cccc(NC(=O)N2CCC(Oc3ccc(F)cc3)CC2)c1. The summed E-state index contributed by atoms with van der Waals surface area (Å²) in [5, 5.41) is 2.85. The number of ether oxygens (including phenoxy) is 1. The monoisotopic (exact) mass is 371 g/mol. The largest absolute Gasteiger partial charge is 0.490 e. The number of anilines is 1. The minimum atomic E-state index is -0.415. The van der Waals surface area contributed by atoms with Crippen LogP contribution < -0.4 is 15.8 Å². The summed E-state index contributed by atoms with van der Waals surface area (Å²) in [6, 6.07) is 12.8. The molecule has 1 aliphatic heterocycles. The molecule has 0 bridgehead atoms. The summed E-state index contributed by atoms with van der Waals surface area (Å²) in [6.07, 6.45) is 1.54. The summed E-state index contributed by atoms with van der Waals surface area (Å²) >= 11 is 0. The number of piperidine rings is 1. The molecule has 2 aromatic rings. The average molecular weight is 371 g/mol. The molecule has 7 heteroatoms. The molecule has 0 atom stereocenters. The Hall–Kier alpha value is -3.09. The molecule has 27 heavy (non-hydrogen) atoms. The molecular formula is C20H22FN3O3. The standard InChI is InChI=1S/C20H22FN3O3/c21-15-4-6-17(7-5-15)27-18-8-10-24(11-9-18)20(26)23-16-3-1-2-14(12-16)13-19(22)25/h1-7,12,18H,8-11,13H2,(H2,22,25)(H,23,26). The van der Waals surface area contributed by atoms with Gasteiger partial charge in [-0.2, -0.15) is 0 Å². The van der Waals surface area contributed by atoms with E-state index in [2.05, 4.69) is 5.32 Å². The molecule has 3 N–H and O–H groups in total. The van der Waals surface area contributed by atoms with Gasteiger partial charge in [0.2, 0.25) is 5.91 Å². The Morgan fingerprint density at radius 1 is 1.15 bits per heavy atom. The molecule has 1 saturated heterocycles. The Morgan fingerprint density at radius 2 is 1.85 bits per heavy atom. The predicted octanol–water partition coefficient (Wildman–Crippen LogP) is 2.93. The number of hydrogen-bond acceptors (Lipinski definition) is 3. The maximum absolute atomic E-state index is 12.9. The molecule has 142 valence electrons. The van der Waals surface area contributed by atoms with Crippen LogP contribution in [0.2, 0.25) is 0 Å². The molecule has 3 amide bonds. The second-order valence-corrected chi connectivity index (χ2v) is 6.53.